The second-order valence-electron chi connectivity index (χ2n) is 4.80. The standard InChI is InChI=1S/C12H22N2O2/c1-3-16-12(15)14-8-6-13(7-9-14)10(2)11-4-5-11/h10-11H,3-9H2,1-2H3. The molecule has 4 heteroatoms. The highest BCUT2D eigenvalue weighted by Crippen LogP contribution is 2.35. The zero-order valence-electron chi connectivity index (χ0n) is 10.3. The molecule has 1 atom stereocenters. The Morgan fingerprint density at radius 1 is 1.31 bits per heavy atom. The third-order valence-corrected chi connectivity index (χ3v) is 3.72. The van der Waals surface area contributed by atoms with Crippen molar-refractivity contribution in [1.29, 1.82) is 0 Å². The van der Waals surface area contributed by atoms with Crippen LogP contribution in [0.1, 0.15) is 26.7 Å². The van der Waals surface area contributed by atoms with E-state index in [1.807, 2.05) is 11.8 Å². The van der Waals surface area contributed by atoms with Crippen LogP contribution in [0.2, 0.25) is 0 Å². The van der Waals surface area contributed by atoms with E-state index in [9.17, 15) is 4.79 Å². The summed E-state index contributed by atoms with van der Waals surface area (Å²) in [5.74, 6) is 0.911. The summed E-state index contributed by atoms with van der Waals surface area (Å²) < 4.78 is 5.01. The molecule has 0 aromatic rings. The van der Waals surface area contributed by atoms with E-state index >= 15 is 0 Å². The molecule has 0 aromatic heterocycles. The van der Waals surface area contributed by atoms with E-state index in [4.69, 9.17) is 4.74 Å². The molecule has 0 radical (unpaired) electrons. The molecule has 2 aliphatic rings. The largest absolute Gasteiger partial charge is 0.450 e. The van der Waals surface area contributed by atoms with Gasteiger partial charge in [0.1, 0.15) is 0 Å². The van der Waals surface area contributed by atoms with Gasteiger partial charge in [0.2, 0.25) is 0 Å². The summed E-state index contributed by atoms with van der Waals surface area (Å²) in [6.45, 7) is 8.26. The zero-order chi connectivity index (χ0) is 11.5. The van der Waals surface area contributed by atoms with Crippen LogP contribution >= 0.6 is 0 Å². The molecule has 1 aliphatic carbocycles. The minimum Gasteiger partial charge on any atom is -0.450 e. The molecule has 4 nitrogen and oxygen atoms in total. The first-order chi connectivity index (χ1) is 7.72. The van der Waals surface area contributed by atoms with Gasteiger partial charge >= 0.3 is 6.09 Å². The smallest absolute Gasteiger partial charge is 0.409 e. The maximum absolute atomic E-state index is 11.5. The Hall–Kier alpha value is -0.770. The van der Waals surface area contributed by atoms with Crippen LogP contribution in [0.4, 0.5) is 4.79 Å². The predicted molar refractivity (Wildman–Crippen MR) is 62.4 cm³/mol. The molecule has 1 unspecified atom stereocenters. The molecule has 92 valence electrons. The van der Waals surface area contributed by atoms with E-state index in [0.29, 0.717) is 12.6 Å². The van der Waals surface area contributed by atoms with Crippen molar-refractivity contribution in [1.82, 2.24) is 9.80 Å². The van der Waals surface area contributed by atoms with Gasteiger partial charge in [0.05, 0.1) is 6.61 Å². The highest BCUT2D eigenvalue weighted by Gasteiger charge is 2.34. The molecule has 2 fully saturated rings. The van der Waals surface area contributed by atoms with Gasteiger partial charge in [0, 0.05) is 32.2 Å². The van der Waals surface area contributed by atoms with E-state index < -0.39 is 0 Å². The lowest BCUT2D eigenvalue weighted by Crippen LogP contribution is -2.51. The average molecular weight is 226 g/mol. The maximum atomic E-state index is 11.5. The fourth-order valence-corrected chi connectivity index (χ4v) is 2.40. The first-order valence-corrected chi connectivity index (χ1v) is 6.38. The van der Waals surface area contributed by atoms with Gasteiger partial charge in [-0.25, -0.2) is 4.79 Å². The van der Waals surface area contributed by atoms with Gasteiger partial charge in [-0.1, -0.05) is 0 Å². The van der Waals surface area contributed by atoms with Crippen molar-refractivity contribution in [2.75, 3.05) is 32.8 Å². The van der Waals surface area contributed by atoms with E-state index in [1.165, 1.54) is 12.8 Å². The lowest BCUT2D eigenvalue weighted by Gasteiger charge is -2.37. The Labute approximate surface area is 97.5 Å². The van der Waals surface area contributed by atoms with Gasteiger partial charge in [0.25, 0.3) is 0 Å². The normalized spacial score (nSPS) is 24.2. The van der Waals surface area contributed by atoms with Gasteiger partial charge in [-0.2, -0.15) is 0 Å². The van der Waals surface area contributed by atoms with Crippen LogP contribution in [0, 0.1) is 5.92 Å². The summed E-state index contributed by atoms with van der Waals surface area (Å²) >= 11 is 0. The van der Waals surface area contributed by atoms with Crippen LogP contribution in [0.25, 0.3) is 0 Å². The average Bonchev–Trinajstić information content (AvgIpc) is 3.12. The molecule has 1 heterocycles. The highest BCUT2D eigenvalue weighted by atomic mass is 16.6. The second-order valence-corrected chi connectivity index (χ2v) is 4.80. The van der Waals surface area contributed by atoms with E-state index in [0.717, 1.165) is 32.1 Å². The van der Waals surface area contributed by atoms with Crippen LogP contribution in [-0.2, 0) is 4.74 Å². The fourth-order valence-electron chi connectivity index (χ4n) is 2.40. The molecule has 0 aromatic carbocycles. The summed E-state index contributed by atoms with van der Waals surface area (Å²) in [6.07, 6.45) is 2.62. The SMILES string of the molecule is CCOC(=O)N1CCN(C(C)C2CC2)CC1. The molecule has 0 spiro atoms. The number of hydrogen-bond donors (Lipinski definition) is 0. The van der Waals surface area contributed by atoms with Gasteiger partial charge in [-0.05, 0) is 32.6 Å². The Morgan fingerprint density at radius 3 is 2.44 bits per heavy atom. The number of nitrogens with zero attached hydrogens (tertiary/aromatic N) is 2. The minimum absolute atomic E-state index is 0.152. The number of carbonyl (C=O) groups excluding carboxylic acids is 1. The summed E-state index contributed by atoms with van der Waals surface area (Å²) in [5, 5.41) is 0. The van der Waals surface area contributed by atoms with Crippen LogP contribution in [0.3, 0.4) is 0 Å². The molecule has 16 heavy (non-hydrogen) atoms. The predicted octanol–water partition coefficient (Wildman–Crippen LogP) is 1.56. The van der Waals surface area contributed by atoms with Gasteiger partial charge < -0.3 is 9.64 Å². The Kier molecular flexibility index (Phi) is 3.69. The molecular formula is C12H22N2O2. The zero-order valence-corrected chi connectivity index (χ0v) is 10.3. The number of ether oxygens (including phenoxy) is 1. The number of piperazine rings is 1. The van der Waals surface area contributed by atoms with Gasteiger partial charge in [-0.15, -0.1) is 0 Å². The summed E-state index contributed by atoms with van der Waals surface area (Å²) in [7, 11) is 0. The molecule has 2 rings (SSSR count). The second kappa shape index (κ2) is 5.04. The van der Waals surface area contributed by atoms with Crippen molar-refractivity contribution >= 4 is 6.09 Å². The molecular weight excluding hydrogens is 204 g/mol. The summed E-state index contributed by atoms with van der Waals surface area (Å²) in [5.41, 5.74) is 0. The van der Waals surface area contributed by atoms with Gasteiger partial charge in [0.15, 0.2) is 0 Å². The molecule has 1 saturated heterocycles. The molecule has 1 saturated carbocycles. The number of carbonyl (C=O) groups is 1. The quantitative estimate of drug-likeness (QED) is 0.732. The Balaban J connectivity index is 1.75. The van der Waals surface area contributed by atoms with Crippen LogP contribution in [-0.4, -0.2) is 54.7 Å². The molecule has 0 bridgehead atoms. The number of hydrogen-bond acceptors (Lipinski definition) is 3. The summed E-state index contributed by atoms with van der Waals surface area (Å²) in [4.78, 5) is 15.8. The maximum Gasteiger partial charge on any atom is 0.409 e. The first kappa shape index (κ1) is 11.7. The van der Waals surface area contributed by atoms with E-state index in [2.05, 4.69) is 11.8 Å². The van der Waals surface area contributed by atoms with E-state index in [-0.39, 0.29) is 6.09 Å². The van der Waals surface area contributed by atoms with Crippen LogP contribution in [0.15, 0.2) is 0 Å². The van der Waals surface area contributed by atoms with Crippen molar-refractivity contribution in [2.24, 2.45) is 5.92 Å². The Morgan fingerprint density at radius 2 is 1.94 bits per heavy atom. The lowest BCUT2D eigenvalue weighted by molar-refractivity contribution is 0.0652. The van der Waals surface area contributed by atoms with Crippen molar-refractivity contribution in [3.8, 4) is 0 Å². The van der Waals surface area contributed by atoms with Crippen LogP contribution < -0.4 is 0 Å². The highest BCUT2D eigenvalue weighted by molar-refractivity contribution is 5.67. The number of amides is 1. The van der Waals surface area contributed by atoms with Gasteiger partial charge in [-0.3, -0.25) is 4.90 Å². The summed E-state index contributed by atoms with van der Waals surface area (Å²) in [6, 6.07) is 0.698. The van der Waals surface area contributed by atoms with Crippen LogP contribution in [0.5, 0.6) is 0 Å². The number of rotatable bonds is 3. The van der Waals surface area contributed by atoms with Crippen molar-refractivity contribution in [3.63, 3.8) is 0 Å². The monoisotopic (exact) mass is 226 g/mol. The molecule has 1 amide bonds. The third-order valence-electron chi connectivity index (χ3n) is 3.72. The molecule has 1 aliphatic heterocycles. The van der Waals surface area contributed by atoms with Crippen molar-refractivity contribution < 1.29 is 9.53 Å². The molecule has 0 N–H and O–H groups in total. The first-order valence-electron chi connectivity index (χ1n) is 6.38. The Bertz CT molecular complexity index is 245. The minimum atomic E-state index is -0.152. The van der Waals surface area contributed by atoms with Crippen molar-refractivity contribution in [3.05, 3.63) is 0 Å². The lowest BCUT2D eigenvalue weighted by atomic mass is 10.1. The van der Waals surface area contributed by atoms with Crippen molar-refractivity contribution in [2.45, 2.75) is 32.7 Å². The topological polar surface area (TPSA) is 32.8 Å². The third kappa shape index (κ3) is 2.67. The fraction of sp³-hybridized carbons (Fsp3) is 0.917. The van der Waals surface area contributed by atoms with E-state index in [1.54, 1.807) is 0 Å².